The van der Waals surface area contributed by atoms with Crippen LogP contribution >= 0.6 is 0 Å². The predicted octanol–water partition coefficient (Wildman–Crippen LogP) is 2.14. The molecule has 0 saturated heterocycles. The molecular formula is C19H22N8. The molecule has 8 heteroatoms. The lowest BCUT2D eigenvalue weighted by Crippen LogP contribution is -2.32. The van der Waals surface area contributed by atoms with Crippen molar-refractivity contribution in [2.24, 2.45) is 20.9 Å². The summed E-state index contributed by atoms with van der Waals surface area (Å²) in [4.78, 5) is 17.5. The van der Waals surface area contributed by atoms with Gasteiger partial charge in [-0.3, -0.25) is 9.97 Å². The molecule has 138 valence electrons. The molecule has 3 N–H and O–H groups in total. The summed E-state index contributed by atoms with van der Waals surface area (Å²) < 4.78 is 0. The SMILES string of the molecule is CNc1ccc(/C=N/N(N)C2=NCC(C)=CC(c3cncc(C)c3)=N2)nc1. The fraction of sp³-hybridized carbons (Fsp3) is 0.211. The number of aryl methyl sites for hydroxylation is 1. The molecular weight excluding hydrogens is 340 g/mol. The molecule has 0 aliphatic carbocycles. The molecule has 0 bridgehead atoms. The predicted molar refractivity (Wildman–Crippen MR) is 109 cm³/mol. The lowest BCUT2D eigenvalue weighted by Gasteiger charge is -2.11. The zero-order chi connectivity index (χ0) is 19.2. The second kappa shape index (κ2) is 8.33. The van der Waals surface area contributed by atoms with E-state index in [0.717, 1.165) is 33.2 Å². The summed E-state index contributed by atoms with van der Waals surface area (Å²) in [5, 5.41) is 8.38. The smallest absolute Gasteiger partial charge is 0.257 e. The molecule has 0 fully saturated rings. The highest BCUT2D eigenvalue weighted by molar-refractivity contribution is 6.14. The van der Waals surface area contributed by atoms with Gasteiger partial charge in [0, 0.05) is 25.0 Å². The Kier molecular flexibility index (Phi) is 5.68. The molecule has 8 nitrogen and oxygen atoms in total. The number of hydrazone groups is 1. The van der Waals surface area contributed by atoms with Crippen LogP contribution in [0.1, 0.15) is 23.7 Å². The maximum absolute atomic E-state index is 6.06. The Bertz CT molecular complexity index is 925. The van der Waals surface area contributed by atoms with Crippen molar-refractivity contribution < 1.29 is 0 Å². The summed E-state index contributed by atoms with van der Waals surface area (Å²) >= 11 is 0. The number of hydrogen-bond acceptors (Lipinski definition) is 8. The van der Waals surface area contributed by atoms with Crippen molar-refractivity contribution in [2.45, 2.75) is 13.8 Å². The molecule has 0 radical (unpaired) electrons. The first-order valence-corrected chi connectivity index (χ1v) is 8.50. The average Bonchev–Trinajstić information content (AvgIpc) is 2.88. The third kappa shape index (κ3) is 4.83. The molecule has 2 aromatic rings. The fourth-order valence-corrected chi connectivity index (χ4v) is 2.42. The monoisotopic (exact) mass is 362 g/mol. The number of aliphatic imine (C=N–C) groups is 2. The number of guanidine groups is 1. The highest BCUT2D eigenvalue weighted by Gasteiger charge is 2.12. The van der Waals surface area contributed by atoms with Crippen molar-refractivity contribution in [3.05, 3.63) is 65.3 Å². The Hall–Kier alpha value is -3.39. The van der Waals surface area contributed by atoms with E-state index in [-0.39, 0.29) is 0 Å². The Morgan fingerprint density at radius 3 is 2.78 bits per heavy atom. The first kappa shape index (κ1) is 18.4. The number of hydrazine groups is 1. The highest BCUT2D eigenvalue weighted by atomic mass is 15.7. The molecule has 0 spiro atoms. The van der Waals surface area contributed by atoms with E-state index >= 15 is 0 Å². The summed E-state index contributed by atoms with van der Waals surface area (Å²) in [5.41, 5.74) is 5.40. The third-order valence-corrected chi connectivity index (χ3v) is 3.84. The topological polar surface area (TPSA) is 104 Å². The number of hydrogen-bond donors (Lipinski definition) is 2. The first-order chi connectivity index (χ1) is 13.0. The third-order valence-electron chi connectivity index (χ3n) is 3.84. The van der Waals surface area contributed by atoms with Gasteiger partial charge in [0.25, 0.3) is 5.96 Å². The van der Waals surface area contributed by atoms with Crippen LogP contribution < -0.4 is 11.2 Å². The van der Waals surface area contributed by atoms with Gasteiger partial charge in [0.05, 0.1) is 36.0 Å². The number of nitrogens with zero attached hydrogens (tertiary/aromatic N) is 6. The van der Waals surface area contributed by atoms with Crippen LogP contribution in [0.5, 0.6) is 0 Å². The molecule has 3 heterocycles. The number of rotatable bonds is 4. The van der Waals surface area contributed by atoms with E-state index < -0.39 is 0 Å². The summed E-state index contributed by atoms with van der Waals surface area (Å²) in [6.45, 7) is 4.49. The normalized spacial score (nSPS) is 14.3. The molecule has 2 aromatic heterocycles. The van der Waals surface area contributed by atoms with Gasteiger partial charge in [0.15, 0.2) is 0 Å². The Labute approximate surface area is 158 Å². The van der Waals surface area contributed by atoms with Crippen molar-refractivity contribution in [1.82, 2.24) is 15.1 Å². The molecule has 0 atom stereocenters. The van der Waals surface area contributed by atoms with E-state index in [9.17, 15) is 0 Å². The van der Waals surface area contributed by atoms with E-state index in [0.29, 0.717) is 18.2 Å². The number of nitrogens with one attached hydrogen (secondary N) is 1. The van der Waals surface area contributed by atoms with Gasteiger partial charge in [-0.1, -0.05) is 0 Å². The standard InChI is InChI=1S/C19H22N8/c1-13-6-15(10-22-8-13)18-7-14(2)9-24-19(26-18)27(20)25-12-17-5-4-16(21-3)11-23-17/h4-8,10-12,21H,9,20H2,1-3H3/b25-12+. The minimum absolute atomic E-state index is 0.322. The number of anilines is 1. The quantitative estimate of drug-likeness (QED) is 0.493. The van der Waals surface area contributed by atoms with Crippen LogP contribution in [-0.2, 0) is 0 Å². The van der Waals surface area contributed by atoms with Crippen LogP contribution in [0.4, 0.5) is 5.69 Å². The first-order valence-electron chi connectivity index (χ1n) is 8.50. The van der Waals surface area contributed by atoms with E-state index in [1.807, 2.05) is 45.2 Å². The van der Waals surface area contributed by atoms with E-state index in [2.05, 4.69) is 30.4 Å². The largest absolute Gasteiger partial charge is 0.387 e. The summed E-state index contributed by atoms with van der Waals surface area (Å²) in [7, 11) is 1.84. The van der Waals surface area contributed by atoms with Gasteiger partial charge >= 0.3 is 0 Å². The lowest BCUT2D eigenvalue weighted by molar-refractivity contribution is 0.466. The number of allylic oxidation sites excluding steroid dienone is 1. The van der Waals surface area contributed by atoms with Crippen molar-refractivity contribution in [3.63, 3.8) is 0 Å². The zero-order valence-corrected chi connectivity index (χ0v) is 15.6. The van der Waals surface area contributed by atoms with Gasteiger partial charge in [-0.05, 0) is 49.3 Å². The Morgan fingerprint density at radius 2 is 2.07 bits per heavy atom. The molecule has 0 amide bonds. The van der Waals surface area contributed by atoms with Crippen molar-refractivity contribution in [1.29, 1.82) is 0 Å². The minimum atomic E-state index is 0.322. The molecule has 0 saturated carbocycles. The maximum Gasteiger partial charge on any atom is 0.257 e. The van der Waals surface area contributed by atoms with Crippen LogP contribution in [0.25, 0.3) is 0 Å². The van der Waals surface area contributed by atoms with Gasteiger partial charge < -0.3 is 5.32 Å². The highest BCUT2D eigenvalue weighted by Crippen LogP contribution is 2.11. The van der Waals surface area contributed by atoms with E-state index in [1.54, 1.807) is 24.8 Å². The van der Waals surface area contributed by atoms with Crippen molar-refractivity contribution in [3.8, 4) is 0 Å². The average molecular weight is 362 g/mol. The zero-order valence-electron chi connectivity index (χ0n) is 15.6. The fourth-order valence-electron chi connectivity index (χ4n) is 2.42. The summed E-state index contributed by atoms with van der Waals surface area (Å²) in [5.74, 6) is 6.38. The van der Waals surface area contributed by atoms with Crippen molar-refractivity contribution in [2.75, 3.05) is 18.9 Å². The van der Waals surface area contributed by atoms with Gasteiger partial charge in [-0.15, -0.1) is 0 Å². The van der Waals surface area contributed by atoms with E-state index in [1.165, 1.54) is 0 Å². The Morgan fingerprint density at radius 1 is 1.22 bits per heavy atom. The summed E-state index contributed by atoms with van der Waals surface area (Å²) in [6, 6.07) is 5.78. The van der Waals surface area contributed by atoms with E-state index in [4.69, 9.17) is 5.84 Å². The van der Waals surface area contributed by atoms with Crippen LogP contribution in [0.3, 0.4) is 0 Å². The molecule has 3 rings (SSSR count). The van der Waals surface area contributed by atoms with Crippen molar-refractivity contribution >= 4 is 23.6 Å². The molecule has 0 unspecified atom stereocenters. The van der Waals surface area contributed by atoms with Gasteiger partial charge in [-0.25, -0.2) is 15.8 Å². The second-order valence-electron chi connectivity index (χ2n) is 6.17. The van der Waals surface area contributed by atoms with Crippen LogP contribution in [0, 0.1) is 6.92 Å². The van der Waals surface area contributed by atoms with Crippen LogP contribution in [-0.4, -0.2) is 46.6 Å². The van der Waals surface area contributed by atoms with Gasteiger partial charge in [0.2, 0.25) is 0 Å². The van der Waals surface area contributed by atoms with Crippen LogP contribution in [0.2, 0.25) is 0 Å². The second-order valence-corrected chi connectivity index (χ2v) is 6.17. The van der Waals surface area contributed by atoms with Gasteiger partial charge in [-0.2, -0.15) is 10.2 Å². The number of aromatic nitrogens is 2. The minimum Gasteiger partial charge on any atom is -0.387 e. The molecule has 27 heavy (non-hydrogen) atoms. The number of pyridine rings is 2. The molecule has 1 aliphatic rings. The number of nitrogens with two attached hydrogens (primary N) is 1. The van der Waals surface area contributed by atoms with Crippen LogP contribution in [0.15, 0.2) is 63.5 Å². The Balaban J connectivity index is 1.83. The summed E-state index contributed by atoms with van der Waals surface area (Å²) in [6.07, 6.45) is 8.85. The maximum atomic E-state index is 6.06. The van der Waals surface area contributed by atoms with Gasteiger partial charge in [0.1, 0.15) is 0 Å². The molecule has 1 aliphatic heterocycles. The lowest BCUT2D eigenvalue weighted by atomic mass is 10.1. The molecule has 0 aromatic carbocycles.